The number of rotatable bonds is 8. The number of methoxy groups -OCH3 is 1. The number of likely N-dealkylation sites (tertiary alicyclic amines) is 1. The van der Waals surface area contributed by atoms with Crippen molar-refractivity contribution in [3.8, 4) is 5.75 Å². The average Bonchev–Trinajstić information content (AvgIpc) is 3.10. The Kier molecular flexibility index (Phi) is 6.34. The first kappa shape index (κ1) is 19.2. The van der Waals surface area contributed by atoms with Crippen molar-refractivity contribution in [3.63, 3.8) is 0 Å². The molecular weight excluding hydrogens is 344 g/mol. The molecule has 0 spiro atoms. The van der Waals surface area contributed by atoms with Crippen LogP contribution in [0.3, 0.4) is 0 Å². The van der Waals surface area contributed by atoms with E-state index in [-0.39, 0.29) is 5.91 Å². The van der Waals surface area contributed by atoms with Gasteiger partial charge in [-0.05, 0) is 57.0 Å². The highest BCUT2D eigenvalue weighted by molar-refractivity contribution is 6.05. The number of nitrogens with one attached hydrogen (secondary N) is 2. The topological polar surface area (TPSA) is 79.5 Å². The number of piperidine rings is 1. The highest BCUT2D eigenvalue weighted by Gasteiger charge is 2.21. The molecule has 0 unspecified atom stereocenters. The molecule has 3 rings (SSSR count). The van der Waals surface area contributed by atoms with E-state index in [0.29, 0.717) is 30.5 Å². The summed E-state index contributed by atoms with van der Waals surface area (Å²) in [5, 5.41) is 10.9. The molecule has 2 N–H and O–H groups in total. The maximum Gasteiger partial charge on any atom is 0.272 e. The van der Waals surface area contributed by atoms with Crippen LogP contribution in [0.15, 0.2) is 30.5 Å². The van der Waals surface area contributed by atoms with Gasteiger partial charge < -0.3 is 14.8 Å². The molecule has 0 bridgehead atoms. The SMILES string of the molecule is C=C(CN1CCC(CNC(=O)c2n[nH]c3ccc(OC)cc23)CC1)OCC. The fourth-order valence-electron chi connectivity index (χ4n) is 3.46. The molecule has 1 fully saturated rings. The summed E-state index contributed by atoms with van der Waals surface area (Å²) in [5.41, 5.74) is 1.23. The summed E-state index contributed by atoms with van der Waals surface area (Å²) in [7, 11) is 1.61. The first-order valence-corrected chi connectivity index (χ1v) is 9.44. The Morgan fingerprint density at radius 3 is 2.89 bits per heavy atom. The highest BCUT2D eigenvalue weighted by Crippen LogP contribution is 2.22. The zero-order valence-corrected chi connectivity index (χ0v) is 16.1. The van der Waals surface area contributed by atoms with Crippen LogP contribution in [0.4, 0.5) is 0 Å². The molecule has 1 aliphatic rings. The van der Waals surface area contributed by atoms with E-state index < -0.39 is 0 Å². The number of aromatic amines is 1. The number of hydrogen-bond donors (Lipinski definition) is 2. The molecule has 1 aliphatic heterocycles. The van der Waals surface area contributed by atoms with Crippen molar-refractivity contribution in [2.75, 3.05) is 39.9 Å². The summed E-state index contributed by atoms with van der Waals surface area (Å²) in [6.07, 6.45) is 2.10. The van der Waals surface area contributed by atoms with Crippen molar-refractivity contribution >= 4 is 16.8 Å². The van der Waals surface area contributed by atoms with Gasteiger partial charge in [0.1, 0.15) is 11.5 Å². The molecule has 0 aliphatic carbocycles. The summed E-state index contributed by atoms with van der Waals surface area (Å²) in [4.78, 5) is 14.9. The summed E-state index contributed by atoms with van der Waals surface area (Å²) in [6.45, 7) is 10.0. The van der Waals surface area contributed by atoms with E-state index in [2.05, 4.69) is 27.0 Å². The number of hydrogen-bond acceptors (Lipinski definition) is 5. The van der Waals surface area contributed by atoms with Crippen LogP contribution in [0.25, 0.3) is 10.9 Å². The third kappa shape index (κ3) is 4.80. The van der Waals surface area contributed by atoms with E-state index in [1.54, 1.807) is 7.11 Å². The second-order valence-electron chi connectivity index (χ2n) is 6.88. The molecule has 2 heterocycles. The van der Waals surface area contributed by atoms with Crippen LogP contribution in [0, 0.1) is 5.92 Å². The Balaban J connectivity index is 1.50. The number of nitrogens with zero attached hydrogens (tertiary/aromatic N) is 2. The predicted octanol–water partition coefficient (Wildman–Crippen LogP) is 2.56. The molecule has 7 nitrogen and oxygen atoms in total. The molecular formula is C20H28N4O3. The number of ether oxygens (including phenoxy) is 2. The zero-order chi connectivity index (χ0) is 19.2. The molecule has 0 saturated carbocycles. The van der Waals surface area contributed by atoms with Gasteiger partial charge in [0.2, 0.25) is 0 Å². The van der Waals surface area contributed by atoms with E-state index in [9.17, 15) is 4.79 Å². The van der Waals surface area contributed by atoms with Gasteiger partial charge in [-0.2, -0.15) is 5.10 Å². The van der Waals surface area contributed by atoms with Crippen LogP contribution in [0.1, 0.15) is 30.3 Å². The lowest BCUT2D eigenvalue weighted by Crippen LogP contribution is -2.39. The van der Waals surface area contributed by atoms with Crippen molar-refractivity contribution in [3.05, 3.63) is 36.2 Å². The van der Waals surface area contributed by atoms with E-state index in [4.69, 9.17) is 9.47 Å². The summed E-state index contributed by atoms with van der Waals surface area (Å²) in [5.74, 6) is 1.86. The minimum absolute atomic E-state index is 0.151. The van der Waals surface area contributed by atoms with Gasteiger partial charge in [0.25, 0.3) is 5.91 Å². The lowest BCUT2D eigenvalue weighted by atomic mass is 9.96. The lowest BCUT2D eigenvalue weighted by Gasteiger charge is -2.32. The number of carbonyl (C=O) groups excluding carboxylic acids is 1. The number of aromatic nitrogens is 2. The van der Waals surface area contributed by atoms with Crippen LogP contribution in [0.5, 0.6) is 5.75 Å². The zero-order valence-electron chi connectivity index (χ0n) is 16.1. The Hall–Kier alpha value is -2.54. The molecule has 1 saturated heterocycles. The first-order chi connectivity index (χ1) is 13.1. The van der Waals surface area contributed by atoms with E-state index in [0.717, 1.165) is 49.1 Å². The van der Waals surface area contributed by atoms with Crippen LogP contribution < -0.4 is 10.1 Å². The molecule has 2 aromatic rings. The molecule has 146 valence electrons. The minimum atomic E-state index is -0.151. The number of carbonyl (C=O) groups is 1. The highest BCUT2D eigenvalue weighted by atomic mass is 16.5. The minimum Gasteiger partial charge on any atom is -0.497 e. The van der Waals surface area contributed by atoms with Gasteiger partial charge in [0, 0.05) is 11.9 Å². The third-order valence-corrected chi connectivity index (χ3v) is 4.99. The Labute approximate surface area is 159 Å². The summed E-state index contributed by atoms with van der Waals surface area (Å²) < 4.78 is 10.7. The number of benzene rings is 1. The standard InChI is InChI=1S/C20H28N4O3/c1-4-27-14(2)13-24-9-7-15(8-10-24)12-21-20(25)19-17-11-16(26-3)5-6-18(17)22-23-19/h5-6,11,15H,2,4,7-10,12-13H2,1,3H3,(H,21,25)(H,22,23). The van der Waals surface area contributed by atoms with Gasteiger partial charge in [-0.1, -0.05) is 6.58 Å². The smallest absolute Gasteiger partial charge is 0.272 e. The molecule has 1 amide bonds. The normalized spacial score (nSPS) is 15.6. The third-order valence-electron chi connectivity index (χ3n) is 4.99. The van der Waals surface area contributed by atoms with Crippen LogP contribution in [0.2, 0.25) is 0 Å². The van der Waals surface area contributed by atoms with Crippen molar-refractivity contribution in [2.45, 2.75) is 19.8 Å². The van der Waals surface area contributed by atoms with Crippen molar-refractivity contribution in [1.82, 2.24) is 20.4 Å². The molecule has 27 heavy (non-hydrogen) atoms. The first-order valence-electron chi connectivity index (χ1n) is 9.44. The van der Waals surface area contributed by atoms with Gasteiger partial charge in [-0.25, -0.2) is 0 Å². The van der Waals surface area contributed by atoms with Crippen LogP contribution >= 0.6 is 0 Å². The van der Waals surface area contributed by atoms with Crippen molar-refractivity contribution < 1.29 is 14.3 Å². The van der Waals surface area contributed by atoms with Gasteiger partial charge in [-0.3, -0.25) is 14.8 Å². The molecule has 1 aromatic carbocycles. The van der Waals surface area contributed by atoms with Crippen LogP contribution in [-0.2, 0) is 4.74 Å². The van der Waals surface area contributed by atoms with E-state index >= 15 is 0 Å². The van der Waals surface area contributed by atoms with E-state index in [1.807, 2.05) is 25.1 Å². The second-order valence-corrected chi connectivity index (χ2v) is 6.88. The predicted molar refractivity (Wildman–Crippen MR) is 105 cm³/mol. The molecule has 0 atom stereocenters. The number of H-pyrrole nitrogens is 1. The molecule has 7 heteroatoms. The van der Waals surface area contributed by atoms with Gasteiger partial charge in [-0.15, -0.1) is 0 Å². The fourth-order valence-corrected chi connectivity index (χ4v) is 3.46. The van der Waals surface area contributed by atoms with Crippen molar-refractivity contribution in [2.24, 2.45) is 5.92 Å². The summed E-state index contributed by atoms with van der Waals surface area (Å²) >= 11 is 0. The van der Waals surface area contributed by atoms with E-state index in [1.165, 1.54) is 0 Å². The van der Waals surface area contributed by atoms with Gasteiger partial charge in [0.15, 0.2) is 5.69 Å². The quantitative estimate of drug-likeness (QED) is 0.696. The largest absolute Gasteiger partial charge is 0.497 e. The summed E-state index contributed by atoms with van der Waals surface area (Å²) in [6, 6.07) is 5.54. The monoisotopic (exact) mass is 372 g/mol. The maximum absolute atomic E-state index is 12.6. The Morgan fingerprint density at radius 2 is 2.19 bits per heavy atom. The van der Waals surface area contributed by atoms with Gasteiger partial charge in [0.05, 0.1) is 25.8 Å². The Morgan fingerprint density at radius 1 is 1.41 bits per heavy atom. The maximum atomic E-state index is 12.6. The average molecular weight is 372 g/mol. The second kappa shape index (κ2) is 8.90. The van der Waals surface area contributed by atoms with Gasteiger partial charge >= 0.3 is 0 Å². The molecule has 0 radical (unpaired) electrons. The van der Waals surface area contributed by atoms with Crippen molar-refractivity contribution in [1.29, 1.82) is 0 Å². The fraction of sp³-hybridized carbons (Fsp3) is 0.500. The Bertz CT molecular complexity index is 794. The lowest BCUT2D eigenvalue weighted by molar-refractivity contribution is 0.0931. The number of fused-ring (bicyclic) bond motifs is 1. The molecule has 1 aromatic heterocycles. The van der Waals surface area contributed by atoms with Crippen LogP contribution in [-0.4, -0.2) is 60.9 Å². The number of amides is 1.